The molecule has 3 N–H and O–H groups in total. The van der Waals surface area contributed by atoms with Crippen molar-refractivity contribution in [3.63, 3.8) is 0 Å². The highest BCUT2D eigenvalue weighted by atomic mass is 32.2. The number of carbonyl (C=O) groups is 1. The van der Waals surface area contributed by atoms with E-state index in [4.69, 9.17) is 0 Å². The fourth-order valence-corrected chi connectivity index (χ4v) is 5.44. The van der Waals surface area contributed by atoms with E-state index in [1.54, 1.807) is 23.6 Å². The van der Waals surface area contributed by atoms with Gasteiger partial charge in [-0.15, -0.1) is 4.72 Å². The quantitative estimate of drug-likeness (QED) is 0.623. The van der Waals surface area contributed by atoms with Crippen LogP contribution in [0.4, 0.5) is 10.8 Å². The van der Waals surface area contributed by atoms with E-state index < -0.39 is 11.4 Å². The van der Waals surface area contributed by atoms with Gasteiger partial charge in [-0.1, -0.05) is 11.3 Å². The Labute approximate surface area is 178 Å². The molecule has 0 bridgehead atoms. The minimum Gasteiger partial charge on any atom is -0.593 e. The van der Waals surface area contributed by atoms with Gasteiger partial charge in [-0.3, -0.25) is 4.79 Å². The first kappa shape index (κ1) is 22.0. The fourth-order valence-electron chi connectivity index (χ4n) is 3.09. The van der Waals surface area contributed by atoms with E-state index in [2.05, 4.69) is 19.9 Å². The number of nitrogens with one attached hydrogen (secondary N) is 2. The summed E-state index contributed by atoms with van der Waals surface area (Å²) in [6, 6.07) is 5.44. The van der Waals surface area contributed by atoms with E-state index in [0.29, 0.717) is 10.6 Å². The Morgan fingerprint density at radius 1 is 1.34 bits per heavy atom. The number of aliphatic hydroxyl groups is 1. The Morgan fingerprint density at radius 2 is 2.03 bits per heavy atom. The van der Waals surface area contributed by atoms with Crippen LogP contribution in [0.3, 0.4) is 0 Å². The van der Waals surface area contributed by atoms with Crippen molar-refractivity contribution in [2.75, 3.05) is 23.3 Å². The standard InChI is InChI=1S/C20H28N4O3S2/c1-13(25)22-14-5-6-16(18(11-14)29(27)23-20(2,3)4)17-12-21-19(28-17)24-9-7-15(26)8-10-24/h5-6,11-12,15,23,26H,7-10H2,1-4H3,(H,22,25). The highest BCUT2D eigenvalue weighted by Crippen LogP contribution is 2.37. The lowest BCUT2D eigenvalue weighted by Crippen LogP contribution is -2.40. The number of anilines is 2. The summed E-state index contributed by atoms with van der Waals surface area (Å²) in [7, 11) is 0. The van der Waals surface area contributed by atoms with Crippen molar-refractivity contribution in [1.29, 1.82) is 0 Å². The molecule has 1 saturated heterocycles. The van der Waals surface area contributed by atoms with Gasteiger partial charge < -0.3 is 19.9 Å². The summed E-state index contributed by atoms with van der Waals surface area (Å²) in [6.07, 6.45) is 3.05. The highest BCUT2D eigenvalue weighted by Gasteiger charge is 2.26. The second-order valence-corrected chi connectivity index (χ2v) is 10.4. The molecular weight excluding hydrogens is 408 g/mol. The second kappa shape index (κ2) is 9.01. The molecule has 3 rings (SSSR count). The molecule has 1 unspecified atom stereocenters. The van der Waals surface area contributed by atoms with Crippen LogP contribution in [0.15, 0.2) is 29.3 Å². The zero-order valence-corrected chi connectivity index (χ0v) is 18.8. The number of carbonyl (C=O) groups excluding carboxylic acids is 1. The number of benzene rings is 1. The molecule has 9 heteroatoms. The van der Waals surface area contributed by atoms with E-state index in [-0.39, 0.29) is 17.6 Å². The molecule has 158 valence electrons. The van der Waals surface area contributed by atoms with Gasteiger partial charge in [0.1, 0.15) is 0 Å². The average molecular weight is 437 g/mol. The molecule has 1 aliphatic rings. The molecule has 0 radical (unpaired) electrons. The van der Waals surface area contributed by atoms with Crippen LogP contribution in [0, 0.1) is 0 Å². The monoisotopic (exact) mass is 436 g/mol. The maximum atomic E-state index is 13.1. The summed E-state index contributed by atoms with van der Waals surface area (Å²) in [5.74, 6) is -0.175. The summed E-state index contributed by atoms with van der Waals surface area (Å²) < 4.78 is 16.2. The van der Waals surface area contributed by atoms with Crippen LogP contribution in [0.5, 0.6) is 0 Å². The van der Waals surface area contributed by atoms with E-state index in [1.165, 1.54) is 6.92 Å². The van der Waals surface area contributed by atoms with Crippen molar-refractivity contribution < 1.29 is 14.5 Å². The summed E-state index contributed by atoms with van der Waals surface area (Å²) in [5, 5.41) is 13.4. The van der Waals surface area contributed by atoms with Gasteiger partial charge in [0, 0.05) is 38.0 Å². The largest absolute Gasteiger partial charge is 0.593 e. The molecule has 1 fully saturated rings. The Kier molecular flexibility index (Phi) is 6.85. The van der Waals surface area contributed by atoms with E-state index in [1.807, 2.05) is 32.9 Å². The van der Waals surface area contributed by atoms with Crippen LogP contribution in [-0.2, 0) is 16.2 Å². The molecule has 2 heterocycles. The molecule has 1 amide bonds. The van der Waals surface area contributed by atoms with Crippen molar-refractivity contribution in [3.8, 4) is 10.4 Å². The predicted molar refractivity (Wildman–Crippen MR) is 119 cm³/mol. The predicted octanol–water partition coefficient (Wildman–Crippen LogP) is 3.14. The molecule has 2 aromatic rings. The zero-order chi connectivity index (χ0) is 21.2. The fraction of sp³-hybridized carbons (Fsp3) is 0.500. The van der Waals surface area contributed by atoms with Gasteiger partial charge in [-0.25, -0.2) is 4.98 Å². The third kappa shape index (κ3) is 5.93. The molecule has 1 aromatic heterocycles. The first-order valence-corrected chi connectivity index (χ1v) is 11.6. The van der Waals surface area contributed by atoms with Crippen LogP contribution < -0.4 is 14.9 Å². The molecule has 1 atom stereocenters. The van der Waals surface area contributed by atoms with Gasteiger partial charge in [0.25, 0.3) is 0 Å². The van der Waals surface area contributed by atoms with Gasteiger partial charge in [-0.2, -0.15) is 0 Å². The summed E-state index contributed by atoms with van der Waals surface area (Å²) >= 11 is 0.0873. The van der Waals surface area contributed by atoms with E-state index in [0.717, 1.165) is 41.5 Å². The Hall–Kier alpha value is -1.65. The van der Waals surface area contributed by atoms with Gasteiger partial charge in [-0.05, 0) is 45.7 Å². The number of hydrogen-bond acceptors (Lipinski definition) is 7. The number of hydrogen-bond donors (Lipinski definition) is 3. The molecule has 1 aliphatic heterocycles. The molecule has 7 nitrogen and oxygen atoms in total. The topological polar surface area (TPSA) is 101 Å². The normalized spacial score (nSPS) is 16.7. The van der Waals surface area contributed by atoms with Gasteiger partial charge in [0.2, 0.25) is 5.91 Å². The third-order valence-corrected chi connectivity index (χ3v) is 7.02. The molecule has 29 heavy (non-hydrogen) atoms. The number of thiazole rings is 1. The van der Waals surface area contributed by atoms with Gasteiger partial charge in [0.05, 0.1) is 33.4 Å². The van der Waals surface area contributed by atoms with Crippen molar-refractivity contribution >= 4 is 39.4 Å². The molecule has 1 aromatic carbocycles. The lowest BCUT2D eigenvalue weighted by Gasteiger charge is -2.29. The summed E-state index contributed by atoms with van der Waals surface area (Å²) in [6.45, 7) is 8.87. The third-order valence-electron chi connectivity index (χ3n) is 4.39. The maximum Gasteiger partial charge on any atom is 0.221 e. The Bertz CT molecular complexity index is 858. The molecule has 0 spiro atoms. The number of aliphatic hydroxyl groups excluding tert-OH is 1. The van der Waals surface area contributed by atoms with Crippen molar-refractivity contribution in [3.05, 3.63) is 24.4 Å². The van der Waals surface area contributed by atoms with Crippen molar-refractivity contribution in [1.82, 2.24) is 9.71 Å². The number of rotatable bonds is 5. The summed E-state index contributed by atoms with van der Waals surface area (Å²) in [5.41, 5.74) is 1.10. The number of piperidine rings is 1. The Balaban J connectivity index is 1.92. The molecular formula is C20H28N4O3S2. The zero-order valence-electron chi connectivity index (χ0n) is 17.2. The van der Waals surface area contributed by atoms with Crippen LogP contribution >= 0.6 is 11.3 Å². The van der Waals surface area contributed by atoms with Crippen LogP contribution in [0.1, 0.15) is 40.5 Å². The van der Waals surface area contributed by atoms with E-state index >= 15 is 0 Å². The van der Waals surface area contributed by atoms with E-state index in [9.17, 15) is 14.5 Å². The van der Waals surface area contributed by atoms with Crippen molar-refractivity contribution in [2.24, 2.45) is 0 Å². The lowest BCUT2D eigenvalue weighted by molar-refractivity contribution is -0.114. The van der Waals surface area contributed by atoms with Crippen LogP contribution in [0.25, 0.3) is 10.4 Å². The second-order valence-electron chi connectivity index (χ2n) is 8.24. The summed E-state index contributed by atoms with van der Waals surface area (Å²) in [4.78, 5) is 19.7. The van der Waals surface area contributed by atoms with Crippen molar-refractivity contribution in [2.45, 2.75) is 57.1 Å². The molecule has 0 aliphatic carbocycles. The average Bonchev–Trinajstić information content (AvgIpc) is 3.10. The SMILES string of the molecule is CC(=O)Nc1ccc(-c2cnc(N3CCC(O)CC3)s2)c([S+]([O-])NC(C)(C)C)c1. The highest BCUT2D eigenvalue weighted by molar-refractivity contribution is 7.89. The lowest BCUT2D eigenvalue weighted by atomic mass is 10.1. The van der Waals surface area contributed by atoms with Crippen LogP contribution in [-0.4, -0.2) is 45.3 Å². The van der Waals surface area contributed by atoms with Gasteiger partial charge in [0.15, 0.2) is 10.0 Å². The van der Waals surface area contributed by atoms with Crippen LogP contribution in [0.2, 0.25) is 0 Å². The minimum atomic E-state index is -1.46. The smallest absolute Gasteiger partial charge is 0.221 e. The molecule has 0 saturated carbocycles. The Morgan fingerprint density at radius 3 is 2.66 bits per heavy atom. The first-order chi connectivity index (χ1) is 13.6. The number of aromatic nitrogens is 1. The minimum absolute atomic E-state index is 0.175. The maximum absolute atomic E-state index is 13.1. The van der Waals surface area contributed by atoms with Gasteiger partial charge >= 0.3 is 0 Å². The first-order valence-electron chi connectivity index (χ1n) is 9.63. The number of amides is 1. The number of nitrogens with zero attached hydrogens (tertiary/aromatic N) is 2.